The standard InChI is InChI=1S/C21H33NO2/c1-4-22(5-2)16-9-17-24-20(23)21(14-7-6-8-15-21)19-12-10-18(3)11-13-19/h10-13H,4-9,14-17H2,1-3H3. The molecule has 0 atom stereocenters. The topological polar surface area (TPSA) is 29.5 Å². The first-order chi connectivity index (χ1) is 11.6. The summed E-state index contributed by atoms with van der Waals surface area (Å²) in [4.78, 5) is 15.3. The summed E-state index contributed by atoms with van der Waals surface area (Å²) in [5, 5.41) is 0. The molecule has 0 bridgehead atoms. The van der Waals surface area contributed by atoms with Gasteiger partial charge in [0.25, 0.3) is 0 Å². The van der Waals surface area contributed by atoms with Crippen LogP contribution in [0.15, 0.2) is 24.3 Å². The average molecular weight is 332 g/mol. The number of nitrogens with zero attached hydrogens (tertiary/aromatic N) is 1. The van der Waals surface area contributed by atoms with E-state index in [4.69, 9.17) is 4.74 Å². The molecular weight excluding hydrogens is 298 g/mol. The van der Waals surface area contributed by atoms with E-state index < -0.39 is 5.41 Å². The molecule has 0 aliphatic heterocycles. The van der Waals surface area contributed by atoms with Crippen LogP contribution in [0.4, 0.5) is 0 Å². The van der Waals surface area contributed by atoms with Crippen molar-refractivity contribution in [1.29, 1.82) is 0 Å². The molecule has 0 radical (unpaired) electrons. The molecule has 0 N–H and O–H groups in total. The van der Waals surface area contributed by atoms with Gasteiger partial charge in [-0.1, -0.05) is 62.9 Å². The summed E-state index contributed by atoms with van der Waals surface area (Å²) < 4.78 is 5.74. The van der Waals surface area contributed by atoms with Crippen LogP contribution in [0.2, 0.25) is 0 Å². The first-order valence-electron chi connectivity index (χ1n) is 9.59. The van der Waals surface area contributed by atoms with Crippen LogP contribution < -0.4 is 0 Å². The van der Waals surface area contributed by atoms with Crippen LogP contribution in [-0.2, 0) is 14.9 Å². The van der Waals surface area contributed by atoms with Gasteiger partial charge in [-0.05, 0) is 44.8 Å². The number of rotatable bonds is 8. The van der Waals surface area contributed by atoms with Gasteiger partial charge in [-0.25, -0.2) is 0 Å². The van der Waals surface area contributed by atoms with Crippen molar-refractivity contribution in [3.8, 4) is 0 Å². The lowest BCUT2D eigenvalue weighted by Gasteiger charge is -2.35. The molecule has 0 saturated heterocycles. The Labute approximate surface area is 147 Å². The van der Waals surface area contributed by atoms with Gasteiger partial charge < -0.3 is 9.64 Å². The Morgan fingerprint density at radius 1 is 1.08 bits per heavy atom. The van der Waals surface area contributed by atoms with Crippen LogP contribution in [-0.4, -0.2) is 37.1 Å². The highest BCUT2D eigenvalue weighted by Crippen LogP contribution is 2.40. The fourth-order valence-electron chi connectivity index (χ4n) is 3.77. The van der Waals surface area contributed by atoms with Gasteiger partial charge in [0.15, 0.2) is 0 Å². The van der Waals surface area contributed by atoms with Crippen molar-refractivity contribution in [1.82, 2.24) is 4.90 Å². The summed E-state index contributed by atoms with van der Waals surface area (Å²) in [6.07, 6.45) is 6.21. The Morgan fingerprint density at radius 2 is 1.71 bits per heavy atom. The molecule has 1 aliphatic carbocycles. The predicted molar refractivity (Wildman–Crippen MR) is 99.3 cm³/mol. The minimum Gasteiger partial charge on any atom is -0.465 e. The Morgan fingerprint density at radius 3 is 2.29 bits per heavy atom. The van der Waals surface area contributed by atoms with Crippen molar-refractivity contribution in [2.75, 3.05) is 26.2 Å². The van der Waals surface area contributed by atoms with E-state index in [2.05, 4.69) is 49.9 Å². The van der Waals surface area contributed by atoms with Crippen LogP contribution in [0, 0.1) is 6.92 Å². The Balaban J connectivity index is 1.99. The summed E-state index contributed by atoms with van der Waals surface area (Å²) >= 11 is 0. The molecule has 0 amide bonds. The maximum absolute atomic E-state index is 13.0. The van der Waals surface area contributed by atoms with E-state index >= 15 is 0 Å². The number of benzene rings is 1. The largest absolute Gasteiger partial charge is 0.465 e. The number of aryl methyl sites for hydroxylation is 1. The third-order valence-corrected chi connectivity index (χ3v) is 5.45. The number of ether oxygens (including phenoxy) is 1. The first kappa shape index (κ1) is 19.0. The van der Waals surface area contributed by atoms with Gasteiger partial charge in [0.1, 0.15) is 0 Å². The van der Waals surface area contributed by atoms with Gasteiger partial charge in [-0.3, -0.25) is 4.79 Å². The summed E-state index contributed by atoms with van der Waals surface area (Å²) in [5.41, 5.74) is 1.96. The summed E-state index contributed by atoms with van der Waals surface area (Å²) in [5.74, 6) is -0.00870. The van der Waals surface area contributed by atoms with Crippen molar-refractivity contribution < 1.29 is 9.53 Å². The van der Waals surface area contributed by atoms with Gasteiger partial charge in [-0.2, -0.15) is 0 Å². The number of hydrogen-bond acceptors (Lipinski definition) is 3. The smallest absolute Gasteiger partial charge is 0.316 e. The normalized spacial score (nSPS) is 17.0. The summed E-state index contributed by atoms with van der Waals surface area (Å²) in [6.45, 7) is 10.1. The maximum Gasteiger partial charge on any atom is 0.316 e. The highest BCUT2D eigenvalue weighted by molar-refractivity contribution is 5.83. The number of carbonyl (C=O) groups excluding carboxylic acids is 1. The van der Waals surface area contributed by atoms with Gasteiger partial charge in [0.05, 0.1) is 12.0 Å². The van der Waals surface area contributed by atoms with E-state index in [9.17, 15) is 4.79 Å². The van der Waals surface area contributed by atoms with E-state index in [1.807, 2.05) is 0 Å². The molecule has 0 aromatic heterocycles. The lowest BCUT2D eigenvalue weighted by atomic mass is 9.69. The van der Waals surface area contributed by atoms with Crippen LogP contribution in [0.3, 0.4) is 0 Å². The minimum atomic E-state index is -0.416. The molecule has 3 heteroatoms. The number of hydrogen-bond donors (Lipinski definition) is 0. The second-order valence-corrected chi connectivity index (χ2v) is 7.03. The van der Waals surface area contributed by atoms with Crippen LogP contribution in [0.1, 0.15) is 63.5 Å². The third-order valence-electron chi connectivity index (χ3n) is 5.45. The fourth-order valence-corrected chi connectivity index (χ4v) is 3.77. The van der Waals surface area contributed by atoms with Crippen LogP contribution >= 0.6 is 0 Å². The number of esters is 1. The highest BCUT2D eigenvalue weighted by atomic mass is 16.5. The second-order valence-electron chi connectivity index (χ2n) is 7.03. The first-order valence-corrected chi connectivity index (χ1v) is 9.59. The Hall–Kier alpha value is -1.35. The fraction of sp³-hybridized carbons (Fsp3) is 0.667. The van der Waals surface area contributed by atoms with E-state index in [1.54, 1.807) is 0 Å². The van der Waals surface area contributed by atoms with E-state index in [-0.39, 0.29) is 5.97 Å². The molecule has 1 aliphatic rings. The second kappa shape index (κ2) is 9.22. The molecule has 1 aromatic rings. The molecule has 0 heterocycles. The molecule has 3 nitrogen and oxygen atoms in total. The van der Waals surface area contributed by atoms with E-state index in [0.29, 0.717) is 6.61 Å². The molecule has 1 fully saturated rings. The zero-order valence-electron chi connectivity index (χ0n) is 15.6. The molecule has 1 aromatic carbocycles. The van der Waals surface area contributed by atoms with Crippen LogP contribution in [0.25, 0.3) is 0 Å². The van der Waals surface area contributed by atoms with Crippen molar-refractivity contribution in [3.63, 3.8) is 0 Å². The molecule has 134 valence electrons. The molecule has 0 unspecified atom stereocenters. The van der Waals surface area contributed by atoms with Gasteiger partial charge in [0.2, 0.25) is 0 Å². The lowest BCUT2D eigenvalue weighted by Crippen LogP contribution is -2.39. The molecule has 24 heavy (non-hydrogen) atoms. The van der Waals surface area contributed by atoms with Crippen LogP contribution in [0.5, 0.6) is 0 Å². The zero-order chi connectivity index (χ0) is 17.4. The third kappa shape index (κ3) is 4.60. The van der Waals surface area contributed by atoms with Crippen molar-refractivity contribution in [3.05, 3.63) is 35.4 Å². The SMILES string of the molecule is CCN(CC)CCCOC(=O)C1(c2ccc(C)cc2)CCCCC1. The molecule has 2 rings (SSSR count). The van der Waals surface area contributed by atoms with Crippen molar-refractivity contribution >= 4 is 5.97 Å². The van der Waals surface area contributed by atoms with E-state index in [0.717, 1.165) is 57.3 Å². The summed E-state index contributed by atoms with van der Waals surface area (Å²) in [6, 6.07) is 8.47. The van der Waals surface area contributed by atoms with Crippen molar-refractivity contribution in [2.45, 2.75) is 64.7 Å². The van der Waals surface area contributed by atoms with Gasteiger partial charge >= 0.3 is 5.97 Å². The Kier molecular flexibility index (Phi) is 7.29. The number of carbonyl (C=O) groups is 1. The monoisotopic (exact) mass is 331 g/mol. The zero-order valence-corrected chi connectivity index (χ0v) is 15.6. The maximum atomic E-state index is 13.0. The predicted octanol–water partition coefficient (Wildman–Crippen LogP) is 4.47. The quantitative estimate of drug-likeness (QED) is 0.520. The minimum absolute atomic E-state index is 0.00870. The van der Waals surface area contributed by atoms with Gasteiger partial charge in [0, 0.05) is 6.54 Å². The molecule has 0 spiro atoms. The average Bonchev–Trinajstić information content (AvgIpc) is 2.63. The summed E-state index contributed by atoms with van der Waals surface area (Å²) in [7, 11) is 0. The van der Waals surface area contributed by atoms with Crippen molar-refractivity contribution in [2.24, 2.45) is 0 Å². The molecular formula is C21H33NO2. The molecule has 1 saturated carbocycles. The Bertz CT molecular complexity index is 499. The van der Waals surface area contributed by atoms with Gasteiger partial charge in [-0.15, -0.1) is 0 Å². The highest BCUT2D eigenvalue weighted by Gasteiger charge is 2.42. The van der Waals surface area contributed by atoms with E-state index in [1.165, 1.54) is 12.0 Å². The lowest BCUT2D eigenvalue weighted by molar-refractivity contribution is -0.152.